The molecule has 2 N–H and O–H groups in total. The van der Waals surface area contributed by atoms with Crippen LogP contribution in [-0.2, 0) is 0 Å². The maximum absolute atomic E-state index is 9.29. The van der Waals surface area contributed by atoms with Gasteiger partial charge in [0, 0.05) is 11.7 Å². The van der Waals surface area contributed by atoms with Gasteiger partial charge in [-0.05, 0) is 49.7 Å². The third-order valence-electron chi connectivity index (χ3n) is 3.01. The molecule has 0 bridgehead atoms. The third kappa shape index (κ3) is 3.58. The average molecular weight is 292 g/mol. The first-order valence-corrected chi connectivity index (χ1v) is 6.95. The fraction of sp³-hybridized carbons (Fsp3) is 0.250. The molecule has 2 rings (SSSR count). The van der Waals surface area contributed by atoms with E-state index in [0.717, 1.165) is 11.3 Å². The molecular weight excluding hydrogens is 274 g/mol. The minimum Gasteiger partial charge on any atom is -0.508 e. The summed E-state index contributed by atoms with van der Waals surface area (Å²) in [4.78, 5) is 0. The Bertz CT molecular complexity index is 569. The first-order valence-electron chi connectivity index (χ1n) is 6.58. The molecule has 0 aliphatic carbocycles. The molecule has 2 aromatic carbocycles. The molecule has 0 spiro atoms. The van der Waals surface area contributed by atoms with Gasteiger partial charge in [0.1, 0.15) is 11.5 Å². The SMILES string of the molecule is CCOc1ccc(NC(C)c2ccc(O)cc2)cc1Cl. The summed E-state index contributed by atoms with van der Waals surface area (Å²) in [6.07, 6.45) is 0. The van der Waals surface area contributed by atoms with E-state index >= 15 is 0 Å². The Hall–Kier alpha value is -1.87. The lowest BCUT2D eigenvalue weighted by molar-refractivity contribution is 0.340. The summed E-state index contributed by atoms with van der Waals surface area (Å²) >= 11 is 6.16. The molecule has 0 fully saturated rings. The maximum Gasteiger partial charge on any atom is 0.138 e. The number of ether oxygens (including phenoxy) is 1. The van der Waals surface area contributed by atoms with Crippen molar-refractivity contribution in [2.24, 2.45) is 0 Å². The summed E-state index contributed by atoms with van der Waals surface area (Å²) in [7, 11) is 0. The van der Waals surface area contributed by atoms with Gasteiger partial charge in [-0.3, -0.25) is 0 Å². The molecule has 1 unspecified atom stereocenters. The molecular formula is C16H18ClNO2. The molecule has 0 amide bonds. The number of rotatable bonds is 5. The van der Waals surface area contributed by atoms with Gasteiger partial charge < -0.3 is 15.2 Å². The number of phenols is 1. The zero-order chi connectivity index (χ0) is 14.5. The summed E-state index contributed by atoms with van der Waals surface area (Å²) in [6, 6.07) is 12.9. The third-order valence-corrected chi connectivity index (χ3v) is 3.30. The van der Waals surface area contributed by atoms with Gasteiger partial charge in [0.15, 0.2) is 0 Å². The van der Waals surface area contributed by atoms with Crippen LogP contribution in [0.25, 0.3) is 0 Å². The fourth-order valence-corrected chi connectivity index (χ4v) is 2.19. The van der Waals surface area contributed by atoms with E-state index in [4.69, 9.17) is 16.3 Å². The van der Waals surface area contributed by atoms with Crippen molar-refractivity contribution in [3.63, 3.8) is 0 Å². The Balaban J connectivity index is 2.09. The van der Waals surface area contributed by atoms with Gasteiger partial charge in [0.2, 0.25) is 0 Å². The van der Waals surface area contributed by atoms with Crippen LogP contribution in [0.5, 0.6) is 11.5 Å². The minimum atomic E-state index is 0.115. The summed E-state index contributed by atoms with van der Waals surface area (Å²) in [5.41, 5.74) is 2.02. The molecule has 0 saturated carbocycles. The molecule has 2 aromatic rings. The normalized spacial score (nSPS) is 11.9. The predicted molar refractivity (Wildman–Crippen MR) is 82.8 cm³/mol. The number of benzene rings is 2. The second kappa shape index (κ2) is 6.53. The predicted octanol–water partition coefficient (Wildman–Crippen LogP) is 4.62. The number of phenolic OH excluding ortho intramolecular Hbond substituents is 1. The number of anilines is 1. The highest BCUT2D eigenvalue weighted by Gasteiger charge is 2.07. The Labute approximate surface area is 124 Å². The van der Waals surface area contributed by atoms with Crippen LogP contribution in [0.1, 0.15) is 25.5 Å². The van der Waals surface area contributed by atoms with Crippen molar-refractivity contribution in [3.8, 4) is 11.5 Å². The standard InChI is InChI=1S/C16H18ClNO2/c1-3-20-16-9-6-13(10-15(16)17)18-11(2)12-4-7-14(19)8-5-12/h4-11,18-19H,3H2,1-2H3. The van der Waals surface area contributed by atoms with E-state index in [1.807, 2.05) is 37.3 Å². The monoisotopic (exact) mass is 291 g/mol. The van der Waals surface area contributed by atoms with E-state index in [2.05, 4.69) is 12.2 Å². The quantitative estimate of drug-likeness (QED) is 0.845. The van der Waals surface area contributed by atoms with Crippen LogP contribution in [0.15, 0.2) is 42.5 Å². The first-order chi connectivity index (χ1) is 9.60. The van der Waals surface area contributed by atoms with E-state index < -0.39 is 0 Å². The van der Waals surface area contributed by atoms with Crippen molar-refractivity contribution >= 4 is 17.3 Å². The van der Waals surface area contributed by atoms with Gasteiger partial charge in [0.25, 0.3) is 0 Å². The highest BCUT2D eigenvalue weighted by Crippen LogP contribution is 2.29. The molecule has 0 radical (unpaired) electrons. The Morgan fingerprint density at radius 1 is 1.20 bits per heavy atom. The molecule has 0 heterocycles. The summed E-state index contributed by atoms with van der Waals surface area (Å²) in [5, 5.41) is 13.3. The lowest BCUT2D eigenvalue weighted by Gasteiger charge is -2.16. The number of aromatic hydroxyl groups is 1. The second-order valence-electron chi connectivity index (χ2n) is 4.54. The number of hydrogen-bond acceptors (Lipinski definition) is 3. The Morgan fingerprint density at radius 3 is 2.50 bits per heavy atom. The average Bonchev–Trinajstić information content (AvgIpc) is 2.42. The van der Waals surface area contributed by atoms with E-state index in [1.54, 1.807) is 12.1 Å². The number of halogens is 1. The van der Waals surface area contributed by atoms with Crippen LogP contribution in [0.3, 0.4) is 0 Å². The minimum absolute atomic E-state index is 0.115. The van der Waals surface area contributed by atoms with Crippen LogP contribution < -0.4 is 10.1 Å². The largest absolute Gasteiger partial charge is 0.508 e. The molecule has 106 valence electrons. The second-order valence-corrected chi connectivity index (χ2v) is 4.94. The molecule has 0 saturated heterocycles. The Kier molecular flexibility index (Phi) is 4.74. The van der Waals surface area contributed by atoms with Gasteiger partial charge in [-0.25, -0.2) is 0 Å². The van der Waals surface area contributed by atoms with E-state index in [9.17, 15) is 5.11 Å². The fourth-order valence-electron chi connectivity index (χ4n) is 1.96. The molecule has 0 aliphatic heterocycles. The summed E-state index contributed by atoms with van der Waals surface area (Å²) < 4.78 is 5.41. The van der Waals surface area contributed by atoms with E-state index in [-0.39, 0.29) is 11.8 Å². The van der Waals surface area contributed by atoms with Gasteiger partial charge in [-0.2, -0.15) is 0 Å². The number of nitrogens with one attached hydrogen (secondary N) is 1. The van der Waals surface area contributed by atoms with Crippen molar-refractivity contribution in [3.05, 3.63) is 53.1 Å². The van der Waals surface area contributed by atoms with Gasteiger partial charge >= 0.3 is 0 Å². The van der Waals surface area contributed by atoms with E-state index in [1.165, 1.54) is 0 Å². The zero-order valence-corrected chi connectivity index (χ0v) is 12.3. The van der Waals surface area contributed by atoms with Crippen LogP contribution >= 0.6 is 11.6 Å². The van der Waals surface area contributed by atoms with Gasteiger partial charge in [-0.15, -0.1) is 0 Å². The molecule has 0 aromatic heterocycles. The van der Waals surface area contributed by atoms with Crippen molar-refractivity contribution in [1.29, 1.82) is 0 Å². The molecule has 0 aliphatic rings. The van der Waals surface area contributed by atoms with Crippen LogP contribution in [-0.4, -0.2) is 11.7 Å². The zero-order valence-electron chi connectivity index (χ0n) is 11.6. The topological polar surface area (TPSA) is 41.5 Å². The molecule has 20 heavy (non-hydrogen) atoms. The van der Waals surface area contributed by atoms with Crippen LogP contribution in [0.2, 0.25) is 5.02 Å². The van der Waals surface area contributed by atoms with Crippen LogP contribution in [0, 0.1) is 0 Å². The molecule has 1 atom stereocenters. The lowest BCUT2D eigenvalue weighted by atomic mass is 10.1. The highest BCUT2D eigenvalue weighted by atomic mass is 35.5. The van der Waals surface area contributed by atoms with Crippen molar-refractivity contribution in [1.82, 2.24) is 0 Å². The van der Waals surface area contributed by atoms with Crippen molar-refractivity contribution in [2.75, 3.05) is 11.9 Å². The number of hydrogen-bond donors (Lipinski definition) is 2. The molecule has 4 heteroatoms. The summed E-state index contributed by atoms with van der Waals surface area (Å²) in [5.74, 6) is 0.960. The molecule has 3 nitrogen and oxygen atoms in total. The van der Waals surface area contributed by atoms with E-state index in [0.29, 0.717) is 17.4 Å². The highest BCUT2D eigenvalue weighted by molar-refractivity contribution is 6.32. The Morgan fingerprint density at radius 2 is 1.90 bits per heavy atom. The van der Waals surface area contributed by atoms with Crippen LogP contribution in [0.4, 0.5) is 5.69 Å². The summed E-state index contributed by atoms with van der Waals surface area (Å²) in [6.45, 7) is 4.57. The smallest absolute Gasteiger partial charge is 0.138 e. The van der Waals surface area contributed by atoms with Crippen molar-refractivity contribution < 1.29 is 9.84 Å². The lowest BCUT2D eigenvalue weighted by Crippen LogP contribution is -2.06. The maximum atomic E-state index is 9.29. The first kappa shape index (κ1) is 14.5. The van der Waals surface area contributed by atoms with Crippen molar-refractivity contribution in [2.45, 2.75) is 19.9 Å². The van der Waals surface area contributed by atoms with Gasteiger partial charge in [0.05, 0.1) is 11.6 Å². The van der Waals surface area contributed by atoms with Gasteiger partial charge in [-0.1, -0.05) is 23.7 Å².